The number of benzene rings is 1. The first-order chi connectivity index (χ1) is 12.9. The van der Waals surface area contributed by atoms with Gasteiger partial charge < -0.3 is 10.3 Å². The fourth-order valence-corrected chi connectivity index (χ4v) is 3.61. The highest BCUT2D eigenvalue weighted by Gasteiger charge is 2.15. The summed E-state index contributed by atoms with van der Waals surface area (Å²) < 4.78 is 15.1. The fraction of sp³-hybridized carbons (Fsp3) is 0.188. The quantitative estimate of drug-likeness (QED) is 0.540. The number of rotatable bonds is 4. The van der Waals surface area contributed by atoms with Crippen molar-refractivity contribution in [2.24, 2.45) is 0 Å². The van der Waals surface area contributed by atoms with Gasteiger partial charge in [-0.3, -0.25) is 4.79 Å². The number of nitrogens with one attached hydrogen (secondary N) is 2. The van der Waals surface area contributed by atoms with Crippen LogP contribution in [-0.2, 0) is 0 Å². The SMILES string of the molecule is Cc1nnnn1-c1csc(NC(C)c2cc3cc(Cl)c(F)cc3[nH]c2=O)n1. The fourth-order valence-electron chi connectivity index (χ4n) is 2.67. The number of pyridine rings is 1. The lowest BCUT2D eigenvalue weighted by Crippen LogP contribution is -2.19. The molecule has 1 unspecified atom stereocenters. The van der Waals surface area contributed by atoms with Gasteiger partial charge in [-0.05, 0) is 42.5 Å². The molecule has 138 valence electrons. The third kappa shape index (κ3) is 3.28. The zero-order chi connectivity index (χ0) is 19.1. The number of thiazole rings is 1. The Hall–Kier alpha value is -2.85. The van der Waals surface area contributed by atoms with E-state index in [2.05, 4.69) is 30.8 Å². The zero-order valence-electron chi connectivity index (χ0n) is 14.2. The molecule has 2 N–H and O–H groups in total. The van der Waals surface area contributed by atoms with Crippen LogP contribution in [0, 0.1) is 12.7 Å². The number of nitrogens with zero attached hydrogens (tertiary/aromatic N) is 5. The number of tetrazole rings is 1. The molecule has 0 radical (unpaired) electrons. The van der Waals surface area contributed by atoms with Crippen molar-refractivity contribution in [3.63, 3.8) is 0 Å². The second-order valence-corrected chi connectivity index (χ2v) is 7.19. The van der Waals surface area contributed by atoms with Crippen LogP contribution >= 0.6 is 22.9 Å². The molecule has 11 heteroatoms. The average Bonchev–Trinajstić information content (AvgIpc) is 3.24. The van der Waals surface area contributed by atoms with Crippen LogP contribution < -0.4 is 10.9 Å². The van der Waals surface area contributed by atoms with Crippen LogP contribution in [0.2, 0.25) is 5.02 Å². The van der Waals surface area contributed by atoms with E-state index in [0.717, 1.165) is 0 Å². The van der Waals surface area contributed by atoms with Crippen molar-refractivity contribution in [2.45, 2.75) is 19.9 Å². The minimum atomic E-state index is -0.577. The Kier molecular flexibility index (Phi) is 4.36. The minimum absolute atomic E-state index is 0.00230. The summed E-state index contributed by atoms with van der Waals surface area (Å²) in [6, 6.07) is 4.05. The van der Waals surface area contributed by atoms with Crippen molar-refractivity contribution in [3.05, 3.63) is 56.2 Å². The first-order valence-corrected chi connectivity index (χ1v) is 9.17. The van der Waals surface area contributed by atoms with Crippen LogP contribution in [0.5, 0.6) is 0 Å². The van der Waals surface area contributed by atoms with E-state index in [1.54, 1.807) is 13.0 Å². The summed E-state index contributed by atoms with van der Waals surface area (Å²) in [7, 11) is 0. The van der Waals surface area contributed by atoms with E-state index in [-0.39, 0.29) is 16.6 Å². The highest BCUT2D eigenvalue weighted by atomic mass is 35.5. The number of hydrogen-bond donors (Lipinski definition) is 2. The smallest absolute Gasteiger partial charge is 0.253 e. The summed E-state index contributed by atoms with van der Waals surface area (Å²) >= 11 is 7.22. The predicted molar refractivity (Wildman–Crippen MR) is 101 cm³/mol. The highest BCUT2D eigenvalue weighted by Crippen LogP contribution is 2.26. The molecule has 0 saturated heterocycles. The molecule has 0 aliphatic rings. The van der Waals surface area contributed by atoms with Crippen LogP contribution in [0.1, 0.15) is 24.4 Å². The van der Waals surface area contributed by atoms with Crippen molar-refractivity contribution < 1.29 is 4.39 Å². The third-order valence-corrected chi connectivity index (χ3v) is 5.11. The molecule has 1 atom stereocenters. The lowest BCUT2D eigenvalue weighted by Gasteiger charge is -2.13. The van der Waals surface area contributed by atoms with E-state index >= 15 is 0 Å². The summed E-state index contributed by atoms with van der Waals surface area (Å²) in [6.07, 6.45) is 0. The van der Waals surface area contributed by atoms with Crippen LogP contribution in [-0.4, -0.2) is 30.2 Å². The zero-order valence-corrected chi connectivity index (χ0v) is 15.8. The Bertz CT molecular complexity index is 1200. The summed E-state index contributed by atoms with van der Waals surface area (Å²) in [4.78, 5) is 19.5. The molecule has 4 rings (SSSR count). The van der Waals surface area contributed by atoms with Crippen LogP contribution in [0.15, 0.2) is 28.4 Å². The summed E-state index contributed by atoms with van der Waals surface area (Å²) in [5.41, 5.74) is 0.571. The molecule has 3 aromatic heterocycles. The molecule has 27 heavy (non-hydrogen) atoms. The standard InChI is InChI=1S/C16H13ClFN7OS/c1-7(19-16-21-14(6-27-16)25-8(2)22-23-24-25)10-3-9-4-11(17)12(18)5-13(9)20-15(10)26/h3-7H,1-2H3,(H,19,21)(H,20,26). The van der Waals surface area contributed by atoms with Gasteiger partial charge >= 0.3 is 0 Å². The normalized spacial score (nSPS) is 12.4. The molecule has 8 nitrogen and oxygen atoms in total. The van der Waals surface area contributed by atoms with E-state index in [1.807, 2.05) is 12.3 Å². The first kappa shape index (κ1) is 17.6. The Morgan fingerprint density at radius 2 is 2.19 bits per heavy atom. The number of fused-ring (bicyclic) bond motifs is 1. The molecule has 0 amide bonds. The second kappa shape index (κ2) is 6.71. The number of aromatic amines is 1. The van der Waals surface area contributed by atoms with Crippen molar-refractivity contribution in [2.75, 3.05) is 5.32 Å². The molecule has 1 aromatic carbocycles. The van der Waals surface area contributed by atoms with Gasteiger partial charge in [0.05, 0.1) is 16.6 Å². The third-order valence-electron chi connectivity index (χ3n) is 4.05. The van der Waals surface area contributed by atoms with Crippen LogP contribution in [0.3, 0.4) is 0 Å². The van der Waals surface area contributed by atoms with Gasteiger partial charge in [-0.15, -0.1) is 16.4 Å². The topological polar surface area (TPSA) is 101 Å². The highest BCUT2D eigenvalue weighted by molar-refractivity contribution is 7.13. The molecule has 3 heterocycles. The summed E-state index contributed by atoms with van der Waals surface area (Å²) in [5, 5.41) is 17.6. The maximum Gasteiger partial charge on any atom is 0.253 e. The number of anilines is 1. The van der Waals surface area contributed by atoms with Gasteiger partial charge in [0.1, 0.15) is 5.82 Å². The number of aryl methyl sites for hydroxylation is 1. The Labute approximate surface area is 161 Å². The molecular formula is C16H13ClFN7OS. The van der Waals surface area contributed by atoms with E-state index < -0.39 is 5.82 Å². The van der Waals surface area contributed by atoms with Crippen molar-refractivity contribution >= 4 is 39.0 Å². The van der Waals surface area contributed by atoms with Gasteiger partial charge in [-0.25, -0.2) is 9.37 Å². The molecule has 4 aromatic rings. The largest absolute Gasteiger partial charge is 0.355 e. The molecule has 0 aliphatic heterocycles. The van der Waals surface area contributed by atoms with Crippen LogP contribution in [0.4, 0.5) is 9.52 Å². The Balaban J connectivity index is 1.63. The van der Waals surface area contributed by atoms with Gasteiger partial charge in [0.25, 0.3) is 5.56 Å². The van der Waals surface area contributed by atoms with E-state index in [4.69, 9.17) is 11.6 Å². The number of hydrogen-bond acceptors (Lipinski definition) is 7. The van der Waals surface area contributed by atoms with Crippen molar-refractivity contribution in [1.29, 1.82) is 0 Å². The maximum absolute atomic E-state index is 13.6. The number of halogens is 2. The summed E-state index contributed by atoms with van der Waals surface area (Å²) in [5.74, 6) is 0.633. The van der Waals surface area contributed by atoms with Crippen molar-refractivity contribution in [1.82, 2.24) is 30.2 Å². The number of H-pyrrole nitrogens is 1. The summed E-state index contributed by atoms with van der Waals surface area (Å²) in [6.45, 7) is 3.61. The van der Waals surface area contributed by atoms with E-state index in [9.17, 15) is 9.18 Å². The molecule has 0 aliphatic carbocycles. The Morgan fingerprint density at radius 1 is 1.37 bits per heavy atom. The van der Waals surface area contributed by atoms with Gasteiger partial charge in [0.2, 0.25) is 0 Å². The van der Waals surface area contributed by atoms with Gasteiger partial charge in [-0.2, -0.15) is 4.68 Å². The Morgan fingerprint density at radius 3 is 2.93 bits per heavy atom. The molecule has 0 fully saturated rings. The lowest BCUT2D eigenvalue weighted by atomic mass is 10.1. The minimum Gasteiger partial charge on any atom is -0.355 e. The molecular weight excluding hydrogens is 393 g/mol. The predicted octanol–water partition coefficient (Wildman–Crippen LogP) is 3.23. The van der Waals surface area contributed by atoms with Crippen LogP contribution in [0.25, 0.3) is 16.7 Å². The van der Waals surface area contributed by atoms with E-state index in [0.29, 0.717) is 33.2 Å². The van der Waals surface area contributed by atoms with Gasteiger partial charge in [0.15, 0.2) is 16.8 Å². The van der Waals surface area contributed by atoms with Crippen molar-refractivity contribution in [3.8, 4) is 5.82 Å². The maximum atomic E-state index is 13.6. The van der Waals surface area contributed by atoms with Gasteiger partial charge in [0, 0.05) is 16.3 Å². The number of aromatic nitrogens is 6. The molecule has 0 saturated carbocycles. The molecule has 0 bridgehead atoms. The monoisotopic (exact) mass is 405 g/mol. The average molecular weight is 406 g/mol. The van der Waals surface area contributed by atoms with E-state index in [1.165, 1.54) is 28.2 Å². The lowest BCUT2D eigenvalue weighted by molar-refractivity contribution is 0.629. The second-order valence-electron chi connectivity index (χ2n) is 5.92. The van der Waals surface area contributed by atoms with Gasteiger partial charge in [-0.1, -0.05) is 11.6 Å². The first-order valence-electron chi connectivity index (χ1n) is 7.92. The molecule has 0 spiro atoms.